The Morgan fingerprint density at radius 3 is 1.47 bits per heavy atom. The predicted molar refractivity (Wildman–Crippen MR) is 159 cm³/mol. The van der Waals surface area contributed by atoms with Crippen molar-refractivity contribution in [2.75, 3.05) is 13.2 Å². The number of ketones is 2. The highest BCUT2D eigenvalue weighted by atomic mass is 16.7. The van der Waals surface area contributed by atoms with Crippen LogP contribution in [0.5, 0.6) is 0 Å². The highest BCUT2D eigenvalue weighted by Crippen LogP contribution is 2.66. The summed E-state index contributed by atoms with van der Waals surface area (Å²) in [6.07, 6.45) is 12.1. The lowest BCUT2D eigenvalue weighted by Gasteiger charge is -2.36. The number of hydroxylamine groups is 4. The lowest BCUT2D eigenvalue weighted by Crippen LogP contribution is -2.39. The molecule has 10 nitrogen and oxygen atoms in total. The zero-order valence-electron chi connectivity index (χ0n) is 27.0. The lowest BCUT2D eigenvalue weighted by molar-refractivity contribution is -0.193. The van der Waals surface area contributed by atoms with Crippen molar-refractivity contribution in [3.05, 3.63) is 12.2 Å². The molecule has 8 rings (SSSR count). The molecule has 0 aromatic heterocycles. The first-order chi connectivity index (χ1) is 21.2. The third-order valence-corrected chi connectivity index (χ3v) is 14.2. The fourth-order valence-corrected chi connectivity index (χ4v) is 11.0. The molecule has 2 saturated heterocycles. The topological polar surface area (TPSA) is 127 Å². The smallest absolute Gasteiger partial charge is 0.258 e. The molecule has 0 spiro atoms. The zero-order chi connectivity index (χ0) is 32.1. The van der Waals surface area contributed by atoms with Gasteiger partial charge in [-0.25, -0.2) is 0 Å². The summed E-state index contributed by atoms with van der Waals surface area (Å²) in [5.74, 6) is 0.688. The minimum absolute atomic E-state index is 0.00642. The molecular weight excluding hydrogens is 576 g/mol. The number of hydrogen-bond acceptors (Lipinski definition) is 8. The number of imide groups is 2. The van der Waals surface area contributed by atoms with Crippen LogP contribution in [-0.4, -0.2) is 58.5 Å². The Morgan fingerprint density at radius 2 is 1.09 bits per heavy atom. The monoisotopic (exact) mass is 622 g/mol. The van der Waals surface area contributed by atoms with Gasteiger partial charge in [-0.1, -0.05) is 39.8 Å². The van der Waals surface area contributed by atoms with Gasteiger partial charge in [0.15, 0.2) is 0 Å². The van der Waals surface area contributed by atoms with Crippen molar-refractivity contribution >= 4 is 35.2 Å². The second kappa shape index (κ2) is 10.4. The van der Waals surface area contributed by atoms with Gasteiger partial charge in [0, 0.05) is 36.5 Å². The van der Waals surface area contributed by atoms with Gasteiger partial charge in [-0.15, -0.1) is 0 Å². The predicted octanol–water partition coefficient (Wildman–Crippen LogP) is 4.36. The van der Waals surface area contributed by atoms with Crippen molar-refractivity contribution in [1.29, 1.82) is 0 Å². The number of carbonyl (C=O) groups is 6. The van der Waals surface area contributed by atoms with Gasteiger partial charge in [0.1, 0.15) is 11.6 Å². The molecule has 0 radical (unpaired) electrons. The Bertz CT molecular complexity index is 1350. The molecule has 45 heavy (non-hydrogen) atoms. The first-order valence-electron chi connectivity index (χ1n) is 17.0. The molecule has 0 aromatic rings. The van der Waals surface area contributed by atoms with E-state index in [1.54, 1.807) is 0 Å². The fraction of sp³-hybridized carbons (Fsp3) is 0.771. The van der Waals surface area contributed by atoms with E-state index < -0.39 is 0 Å². The molecule has 5 saturated carbocycles. The molecule has 6 bridgehead atoms. The summed E-state index contributed by atoms with van der Waals surface area (Å²) in [6.45, 7) is 9.25. The maximum atomic E-state index is 12.6. The average Bonchev–Trinajstić information content (AvgIpc) is 3.85. The van der Waals surface area contributed by atoms with E-state index in [-0.39, 0.29) is 95.0 Å². The Balaban J connectivity index is 0.000000149. The average molecular weight is 623 g/mol. The van der Waals surface area contributed by atoms with Gasteiger partial charge in [-0.2, -0.15) is 10.1 Å². The molecule has 8 aliphatic rings. The largest absolute Gasteiger partial charge is 0.299 e. The summed E-state index contributed by atoms with van der Waals surface area (Å²) >= 11 is 0. The van der Waals surface area contributed by atoms with E-state index in [1.807, 2.05) is 0 Å². The van der Waals surface area contributed by atoms with E-state index in [1.165, 1.54) is 0 Å². The number of nitrogens with zero attached hydrogens (tertiary/aromatic N) is 2. The van der Waals surface area contributed by atoms with Crippen molar-refractivity contribution in [1.82, 2.24) is 10.1 Å². The van der Waals surface area contributed by atoms with Gasteiger partial charge >= 0.3 is 0 Å². The second-order valence-electron chi connectivity index (χ2n) is 16.1. The third kappa shape index (κ3) is 4.19. The normalized spacial score (nSPS) is 41.2. The Labute approximate surface area is 264 Å². The standard InChI is InChI=1S/C20H25NO4.C15H21NO4/c1-19(2)13-5-6-20(19,14(22)10-13)7-8-25-21-17(23)15-11-3-4-12(9-11)16(15)18(21)24;1-14(2)10-5-6-15(14,11(17)9-10)7-8-20-16-12(18)3-4-13(16)19/h3-4,11-13,15-16H,5-10H2,1-2H3;10H,3-9H2,1-2H3. The van der Waals surface area contributed by atoms with Crippen LogP contribution in [0.2, 0.25) is 0 Å². The van der Waals surface area contributed by atoms with Crippen molar-refractivity contribution in [2.45, 2.75) is 98.3 Å². The quantitative estimate of drug-likeness (QED) is 0.289. The Hall–Kier alpha value is -2.72. The van der Waals surface area contributed by atoms with Gasteiger partial charge in [-0.3, -0.25) is 38.4 Å². The Morgan fingerprint density at radius 1 is 0.667 bits per heavy atom. The maximum Gasteiger partial charge on any atom is 0.258 e. The van der Waals surface area contributed by atoms with Crippen LogP contribution in [0.25, 0.3) is 0 Å². The van der Waals surface area contributed by atoms with Crippen molar-refractivity contribution in [3.8, 4) is 0 Å². The molecule has 2 heterocycles. The third-order valence-electron chi connectivity index (χ3n) is 14.2. The van der Waals surface area contributed by atoms with Crippen LogP contribution in [0.3, 0.4) is 0 Å². The van der Waals surface area contributed by atoms with Crippen LogP contribution in [0, 0.1) is 57.2 Å². The molecule has 6 aliphatic carbocycles. The van der Waals surface area contributed by atoms with Gasteiger partial charge < -0.3 is 0 Å². The first-order valence-corrected chi connectivity index (χ1v) is 17.0. The molecule has 8 atom stereocenters. The van der Waals surface area contributed by atoms with Crippen LogP contribution in [0.4, 0.5) is 0 Å². The van der Waals surface area contributed by atoms with E-state index in [4.69, 9.17) is 9.68 Å². The molecule has 8 unspecified atom stereocenters. The maximum absolute atomic E-state index is 12.6. The number of hydrogen-bond donors (Lipinski definition) is 0. The van der Waals surface area contributed by atoms with Crippen LogP contribution in [0.1, 0.15) is 98.3 Å². The van der Waals surface area contributed by atoms with Crippen LogP contribution in [0.15, 0.2) is 12.2 Å². The molecule has 10 heteroatoms. The zero-order valence-corrected chi connectivity index (χ0v) is 27.0. The van der Waals surface area contributed by atoms with Gasteiger partial charge in [0.2, 0.25) is 0 Å². The summed E-state index contributed by atoms with van der Waals surface area (Å²) in [6, 6.07) is 0. The molecule has 0 aromatic carbocycles. The molecule has 7 fully saturated rings. The summed E-state index contributed by atoms with van der Waals surface area (Å²) in [5.41, 5.74) is -0.651. The van der Waals surface area contributed by atoms with Crippen molar-refractivity contribution in [2.24, 2.45) is 57.2 Å². The summed E-state index contributed by atoms with van der Waals surface area (Å²) in [7, 11) is 0. The SMILES string of the molecule is CC1(C)C2CCC1(CCON1C(=O)C3C4C=CC(C4)C3C1=O)C(=O)C2.CC1(C)C2CCC1(CCON1C(=O)CCC1=O)C(=O)C2. The van der Waals surface area contributed by atoms with Crippen molar-refractivity contribution < 1.29 is 38.4 Å². The first kappa shape index (κ1) is 30.9. The number of carbonyl (C=O) groups excluding carboxylic acids is 6. The van der Waals surface area contributed by atoms with Gasteiger partial charge in [-0.05, 0) is 79.4 Å². The molecular formula is C35H46N2O8. The number of amides is 4. The molecule has 0 N–H and O–H groups in total. The number of Topliss-reactive ketones (excluding diaryl/α,β-unsaturated/α-hetero) is 2. The van der Waals surface area contributed by atoms with Gasteiger partial charge in [0.05, 0.1) is 25.0 Å². The highest BCUT2D eigenvalue weighted by Gasteiger charge is 2.65. The number of rotatable bonds is 8. The molecule has 4 amide bonds. The van der Waals surface area contributed by atoms with E-state index in [0.29, 0.717) is 49.1 Å². The van der Waals surface area contributed by atoms with E-state index >= 15 is 0 Å². The summed E-state index contributed by atoms with van der Waals surface area (Å²) in [5, 5.41) is 1.91. The second-order valence-corrected chi connectivity index (χ2v) is 16.1. The molecule has 2 aliphatic heterocycles. The summed E-state index contributed by atoms with van der Waals surface area (Å²) in [4.78, 5) is 84.2. The van der Waals surface area contributed by atoms with Crippen LogP contribution in [-0.2, 0) is 38.4 Å². The molecule has 244 valence electrons. The Kier molecular flexibility index (Phi) is 7.14. The lowest BCUT2D eigenvalue weighted by atomic mass is 9.67. The van der Waals surface area contributed by atoms with E-state index in [0.717, 1.165) is 42.2 Å². The highest BCUT2D eigenvalue weighted by molar-refractivity contribution is 6.05. The minimum Gasteiger partial charge on any atom is -0.299 e. The van der Waals surface area contributed by atoms with Crippen LogP contribution >= 0.6 is 0 Å². The number of allylic oxidation sites excluding steroid dienone is 2. The van der Waals surface area contributed by atoms with Crippen molar-refractivity contribution in [3.63, 3.8) is 0 Å². The fourth-order valence-electron chi connectivity index (χ4n) is 11.0. The number of fused-ring (bicyclic) bond motifs is 9. The summed E-state index contributed by atoms with van der Waals surface area (Å²) < 4.78 is 0. The van der Waals surface area contributed by atoms with Crippen LogP contribution < -0.4 is 0 Å². The van der Waals surface area contributed by atoms with E-state index in [2.05, 4.69) is 39.8 Å². The van der Waals surface area contributed by atoms with E-state index in [9.17, 15) is 28.8 Å². The minimum atomic E-state index is -0.333. The van der Waals surface area contributed by atoms with Gasteiger partial charge in [0.25, 0.3) is 23.6 Å².